The Morgan fingerprint density at radius 3 is 2.50 bits per heavy atom. The number of nitrogens with one attached hydrogen (secondary N) is 1. The van der Waals surface area contributed by atoms with Gasteiger partial charge in [0.15, 0.2) is 0 Å². The van der Waals surface area contributed by atoms with E-state index >= 15 is 0 Å². The molecule has 0 radical (unpaired) electrons. The Bertz CT molecular complexity index is 1030. The van der Waals surface area contributed by atoms with Gasteiger partial charge in [0.05, 0.1) is 17.1 Å². The van der Waals surface area contributed by atoms with Crippen molar-refractivity contribution in [2.75, 3.05) is 0 Å². The van der Waals surface area contributed by atoms with E-state index in [0.29, 0.717) is 16.8 Å². The lowest BCUT2D eigenvalue weighted by Gasteiger charge is -2.18. The van der Waals surface area contributed by atoms with Gasteiger partial charge in [-0.3, -0.25) is 9.36 Å². The van der Waals surface area contributed by atoms with E-state index < -0.39 is 28.8 Å². The Morgan fingerprint density at radius 2 is 1.92 bits per heavy atom. The number of aromatic amines is 1. The van der Waals surface area contributed by atoms with E-state index in [1.165, 1.54) is 19.1 Å². The molecule has 0 aliphatic carbocycles. The van der Waals surface area contributed by atoms with E-state index in [4.69, 9.17) is 0 Å². The lowest BCUT2D eigenvalue weighted by molar-refractivity contribution is -0.255. The molecule has 134 valence electrons. The molecule has 0 bridgehead atoms. The molecule has 0 fully saturated rings. The molecule has 1 aromatic carbocycles. The van der Waals surface area contributed by atoms with E-state index in [9.17, 15) is 27.9 Å². The molecule has 0 aliphatic heterocycles. The van der Waals surface area contributed by atoms with Gasteiger partial charge >= 0.3 is 6.18 Å². The molecule has 0 amide bonds. The Balaban J connectivity index is 2.34. The Labute approximate surface area is 145 Å². The summed E-state index contributed by atoms with van der Waals surface area (Å²) in [6.45, 7) is 1.53. The lowest BCUT2D eigenvalue weighted by atomic mass is 10.0. The van der Waals surface area contributed by atoms with Crippen LogP contribution in [0.25, 0.3) is 16.8 Å². The molecular formula is C18H12F3N2O3-. The largest absolute Gasteiger partial charge is 0.545 e. The number of hydrogen-bond acceptors (Lipinski definition) is 3. The quantitative estimate of drug-likeness (QED) is 0.779. The number of aromatic carboxylic acids is 1. The first-order chi connectivity index (χ1) is 12.2. The Kier molecular flexibility index (Phi) is 4.19. The number of aromatic nitrogens is 2. The van der Waals surface area contributed by atoms with Crippen molar-refractivity contribution < 1.29 is 23.1 Å². The van der Waals surface area contributed by atoms with Gasteiger partial charge in [-0.2, -0.15) is 13.2 Å². The van der Waals surface area contributed by atoms with Crippen molar-refractivity contribution in [1.82, 2.24) is 9.55 Å². The number of halogens is 3. The average Bonchev–Trinajstić information content (AvgIpc) is 3.08. The van der Waals surface area contributed by atoms with Gasteiger partial charge in [-0.1, -0.05) is 6.07 Å². The minimum absolute atomic E-state index is 0.0813. The van der Waals surface area contributed by atoms with Crippen LogP contribution in [-0.2, 0) is 6.18 Å². The summed E-state index contributed by atoms with van der Waals surface area (Å²) in [7, 11) is 0. The molecule has 0 saturated carbocycles. The van der Waals surface area contributed by atoms with Crippen LogP contribution in [-0.4, -0.2) is 15.5 Å². The molecule has 0 unspecified atom stereocenters. The first-order valence-corrected chi connectivity index (χ1v) is 7.49. The fourth-order valence-corrected chi connectivity index (χ4v) is 2.77. The minimum Gasteiger partial charge on any atom is -0.545 e. The van der Waals surface area contributed by atoms with Crippen LogP contribution in [0, 0.1) is 6.92 Å². The van der Waals surface area contributed by atoms with Crippen LogP contribution in [0.4, 0.5) is 13.2 Å². The fraction of sp³-hybridized carbons (Fsp3) is 0.111. The zero-order valence-corrected chi connectivity index (χ0v) is 13.4. The average molecular weight is 361 g/mol. The van der Waals surface area contributed by atoms with Crippen molar-refractivity contribution in [3.05, 3.63) is 76.0 Å². The first-order valence-electron chi connectivity index (χ1n) is 7.49. The molecule has 8 heteroatoms. The van der Waals surface area contributed by atoms with Crippen LogP contribution in [0.3, 0.4) is 0 Å². The smallest absolute Gasteiger partial charge is 0.416 e. The highest BCUT2D eigenvalue weighted by atomic mass is 19.4. The zero-order chi connectivity index (χ0) is 19.1. The number of benzene rings is 1. The van der Waals surface area contributed by atoms with Gasteiger partial charge in [-0.25, -0.2) is 0 Å². The predicted molar refractivity (Wildman–Crippen MR) is 85.9 cm³/mol. The molecule has 1 N–H and O–H groups in total. The molecular weight excluding hydrogens is 349 g/mol. The van der Waals surface area contributed by atoms with Crippen molar-refractivity contribution in [3.8, 4) is 16.8 Å². The molecule has 3 aromatic rings. The van der Waals surface area contributed by atoms with Gasteiger partial charge in [-0.15, -0.1) is 0 Å². The van der Waals surface area contributed by atoms with Gasteiger partial charge in [0.2, 0.25) is 0 Å². The topological polar surface area (TPSA) is 77.9 Å². The molecule has 5 nitrogen and oxygen atoms in total. The standard InChI is InChI=1S/C18H13F3N2O3/c1-10-14(11-5-6-22-9-11)8-15(17(25)26)16(24)23(10)13-4-2-3-12(7-13)18(19,20)21/h2-9,22H,1H3,(H,25,26)/p-1. The van der Waals surface area contributed by atoms with E-state index in [1.54, 1.807) is 18.5 Å². The summed E-state index contributed by atoms with van der Waals surface area (Å²) < 4.78 is 39.9. The van der Waals surface area contributed by atoms with Crippen LogP contribution >= 0.6 is 0 Å². The van der Waals surface area contributed by atoms with Gasteiger partial charge < -0.3 is 14.9 Å². The molecule has 26 heavy (non-hydrogen) atoms. The number of pyridine rings is 1. The van der Waals surface area contributed by atoms with Crippen LogP contribution in [0.2, 0.25) is 0 Å². The third kappa shape index (κ3) is 3.01. The van der Waals surface area contributed by atoms with E-state index in [-0.39, 0.29) is 5.69 Å². The number of carboxylic acid groups (broad SMARTS) is 1. The third-order valence-corrected chi connectivity index (χ3v) is 4.01. The van der Waals surface area contributed by atoms with Crippen LogP contribution in [0.5, 0.6) is 0 Å². The first kappa shape index (κ1) is 17.5. The third-order valence-electron chi connectivity index (χ3n) is 4.01. The summed E-state index contributed by atoms with van der Waals surface area (Å²) in [6.07, 6.45) is -1.40. The maximum absolute atomic E-state index is 13.0. The maximum Gasteiger partial charge on any atom is 0.416 e. The summed E-state index contributed by atoms with van der Waals surface area (Å²) in [4.78, 5) is 26.7. The molecule has 0 spiro atoms. The van der Waals surface area contributed by atoms with E-state index in [0.717, 1.165) is 22.8 Å². The summed E-state index contributed by atoms with van der Waals surface area (Å²) in [6, 6.07) is 6.96. The monoisotopic (exact) mass is 361 g/mol. The number of carboxylic acids is 1. The van der Waals surface area contributed by atoms with Crippen molar-refractivity contribution >= 4 is 5.97 Å². The van der Waals surface area contributed by atoms with Crippen molar-refractivity contribution in [2.24, 2.45) is 0 Å². The summed E-state index contributed by atoms with van der Waals surface area (Å²) in [5.74, 6) is -1.70. The number of carbonyl (C=O) groups is 1. The molecule has 2 heterocycles. The number of nitrogens with zero attached hydrogens (tertiary/aromatic N) is 1. The van der Waals surface area contributed by atoms with Crippen molar-refractivity contribution in [1.29, 1.82) is 0 Å². The predicted octanol–water partition coefficient (Wildman–Crippen LogP) is 2.52. The van der Waals surface area contributed by atoms with Crippen LogP contribution in [0.15, 0.2) is 53.6 Å². The highest BCUT2D eigenvalue weighted by Crippen LogP contribution is 2.31. The second kappa shape index (κ2) is 6.21. The number of carbonyl (C=O) groups excluding carboxylic acids is 1. The minimum atomic E-state index is -4.59. The number of rotatable bonds is 3. The molecule has 2 aromatic heterocycles. The SMILES string of the molecule is Cc1c(-c2cc[nH]c2)cc(C(=O)[O-])c(=O)n1-c1cccc(C(F)(F)F)c1. The molecule has 0 atom stereocenters. The van der Waals surface area contributed by atoms with E-state index in [1.807, 2.05) is 0 Å². The molecule has 0 saturated heterocycles. The van der Waals surface area contributed by atoms with Crippen molar-refractivity contribution in [2.45, 2.75) is 13.1 Å². The molecule has 3 rings (SSSR count). The Hall–Kier alpha value is -3.29. The second-order valence-corrected chi connectivity index (χ2v) is 5.63. The second-order valence-electron chi connectivity index (χ2n) is 5.63. The van der Waals surface area contributed by atoms with Gasteiger partial charge in [0.25, 0.3) is 5.56 Å². The maximum atomic E-state index is 13.0. The summed E-state index contributed by atoms with van der Waals surface area (Å²) in [5, 5.41) is 11.4. The summed E-state index contributed by atoms with van der Waals surface area (Å²) >= 11 is 0. The fourth-order valence-electron chi connectivity index (χ4n) is 2.77. The van der Waals surface area contributed by atoms with Gasteiger partial charge in [-0.05, 0) is 37.3 Å². The highest BCUT2D eigenvalue weighted by Gasteiger charge is 2.30. The zero-order valence-electron chi connectivity index (χ0n) is 13.4. The normalized spacial score (nSPS) is 11.5. The summed E-state index contributed by atoms with van der Waals surface area (Å²) in [5.41, 5.74) is -1.33. The lowest BCUT2D eigenvalue weighted by Crippen LogP contribution is -2.34. The van der Waals surface area contributed by atoms with Gasteiger partial charge in [0, 0.05) is 34.9 Å². The Morgan fingerprint density at radius 1 is 1.19 bits per heavy atom. The molecule has 0 aliphatic rings. The van der Waals surface area contributed by atoms with Crippen molar-refractivity contribution in [3.63, 3.8) is 0 Å². The van der Waals surface area contributed by atoms with Gasteiger partial charge in [0.1, 0.15) is 0 Å². The number of hydrogen-bond donors (Lipinski definition) is 1. The number of H-pyrrole nitrogens is 1. The highest BCUT2D eigenvalue weighted by molar-refractivity contribution is 5.88. The van der Waals surface area contributed by atoms with Crippen LogP contribution < -0.4 is 10.7 Å². The van der Waals surface area contributed by atoms with Crippen LogP contribution in [0.1, 0.15) is 21.6 Å². The number of alkyl halides is 3. The van der Waals surface area contributed by atoms with E-state index in [2.05, 4.69) is 4.98 Å².